The van der Waals surface area contributed by atoms with E-state index in [1.54, 1.807) is 0 Å². The predicted octanol–water partition coefficient (Wildman–Crippen LogP) is 2.84. The maximum atomic E-state index is 10.9. The first kappa shape index (κ1) is 14.6. The number of carboxylic acids is 1. The minimum atomic E-state index is -1.16. The summed E-state index contributed by atoms with van der Waals surface area (Å²) in [4.78, 5) is 21.8. The zero-order valence-electron chi connectivity index (χ0n) is 8.59. The Morgan fingerprint density at radius 2 is 1.94 bits per heavy atom. The van der Waals surface area contributed by atoms with Crippen LogP contribution in [-0.4, -0.2) is 23.0 Å². The van der Waals surface area contributed by atoms with Crippen molar-refractivity contribution in [1.82, 2.24) is 5.32 Å². The Bertz CT molecular complexity index is 461. The van der Waals surface area contributed by atoms with E-state index in [-0.39, 0.29) is 11.4 Å². The molecule has 0 radical (unpaired) electrons. The van der Waals surface area contributed by atoms with Crippen molar-refractivity contribution in [2.24, 2.45) is 0 Å². The van der Waals surface area contributed by atoms with Crippen LogP contribution in [0.2, 0.25) is 13.7 Å². The molecule has 2 N–H and O–H groups in total. The lowest BCUT2D eigenvalue weighted by Gasteiger charge is -2.12. The molecule has 1 unspecified atom stereocenters. The maximum absolute atomic E-state index is 10.9. The Morgan fingerprint density at radius 3 is 2.29 bits per heavy atom. The van der Waals surface area contributed by atoms with E-state index >= 15 is 0 Å². The van der Waals surface area contributed by atoms with Crippen LogP contribution in [0.1, 0.15) is 12.5 Å². The summed E-state index contributed by atoms with van der Waals surface area (Å²) in [6.07, 6.45) is -0.00417. The molecule has 0 fully saturated rings. The molecule has 17 heavy (non-hydrogen) atoms. The zero-order chi connectivity index (χ0) is 13.2. The first-order valence-electron chi connectivity index (χ1n) is 4.45. The number of carbonyl (C=O) groups is 2. The number of amides is 1. The van der Waals surface area contributed by atoms with Gasteiger partial charge >= 0.3 is 5.97 Å². The molecular formula is C9H8Cl3NO3S. The van der Waals surface area contributed by atoms with E-state index < -0.39 is 17.9 Å². The van der Waals surface area contributed by atoms with Crippen molar-refractivity contribution in [1.29, 1.82) is 0 Å². The monoisotopic (exact) mass is 315 g/mol. The fourth-order valence-corrected chi connectivity index (χ4v) is 3.15. The van der Waals surface area contributed by atoms with Crippen molar-refractivity contribution in [3.63, 3.8) is 0 Å². The third kappa shape index (κ3) is 3.74. The highest BCUT2D eigenvalue weighted by atomic mass is 35.5. The van der Waals surface area contributed by atoms with E-state index in [4.69, 9.17) is 39.9 Å². The standard InChI is InChI=1S/C9H8Cl3NO3S/c1-3(14)13-5(9(15)16)2-4-6(10)8(12)17-7(4)11/h5H,2H2,1H3,(H,13,14)(H,15,16). The molecule has 1 aromatic rings. The molecule has 0 aromatic carbocycles. The van der Waals surface area contributed by atoms with E-state index in [0.29, 0.717) is 14.2 Å². The first-order valence-corrected chi connectivity index (χ1v) is 6.40. The molecular weight excluding hydrogens is 309 g/mol. The molecule has 8 heteroatoms. The summed E-state index contributed by atoms with van der Waals surface area (Å²) in [5.74, 6) is -1.60. The van der Waals surface area contributed by atoms with Gasteiger partial charge in [0.25, 0.3) is 0 Å². The second kappa shape index (κ2) is 5.91. The maximum Gasteiger partial charge on any atom is 0.326 e. The molecule has 0 saturated carbocycles. The van der Waals surface area contributed by atoms with Gasteiger partial charge < -0.3 is 10.4 Å². The molecule has 0 aliphatic rings. The van der Waals surface area contributed by atoms with Crippen molar-refractivity contribution >= 4 is 58.0 Å². The van der Waals surface area contributed by atoms with Gasteiger partial charge in [-0.3, -0.25) is 4.79 Å². The van der Waals surface area contributed by atoms with Crippen LogP contribution in [0.25, 0.3) is 0 Å². The van der Waals surface area contributed by atoms with Crippen molar-refractivity contribution in [2.45, 2.75) is 19.4 Å². The van der Waals surface area contributed by atoms with Gasteiger partial charge in [-0.1, -0.05) is 34.8 Å². The van der Waals surface area contributed by atoms with Crippen molar-refractivity contribution in [2.75, 3.05) is 0 Å². The molecule has 0 bridgehead atoms. The molecule has 0 saturated heterocycles. The molecule has 94 valence electrons. The van der Waals surface area contributed by atoms with Gasteiger partial charge in [0, 0.05) is 18.9 Å². The lowest BCUT2D eigenvalue weighted by Crippen LogP contribution is -2.41. The Hall–Kier alpha value is -0.490. The highest BCUT2D eigenvalue weighted by molar-refractivity contribution is 7.20. The number of hydrogen-bond acceptors (Lipinski definition) is 3. The highest BCUT2D eigenvalue weighted by Gasteiger charge is 2.24. The number of rotatable bonds is 4. The van der Waals surface area contributed by atoms with Crippen LogP contribution in [0.15, 0.2) is 0 Å². The van der Waals surface area contributed by atoms with Crippen LogP contribution >= 0.6 is 46.1 Å². The number of carboxylic acid groups (broad SMARTS) is 1. The van der Waals surface area contributed by atoms with Crippen LogP contribution in [0.4, 0.5) is 0 Å². The topological polar surface area (TPSA) is 66.4 Å². The fraction of sp³-hybridized carbons (Fsp3) is 0.333. The quantitative estimate of drug-likeness (QED) is 0.897. The van der Waals surface area contributed by atoms with Crippen molar-refractivity contribution in [3.8, 4) is 0 Å². The van der Waals surface area contributed by atoms with Gasteiger partial charge in [0.1, 0.15) is 10.4 Å². The molecule has 0 spiro atoms. The molecule has 0 aliphatic heterocycles. The van der Waals surface area contributed by atoms with E-state index in [0.717, 1.165) is 11.3 Å². The predicted molar refractivity (Wildman–Crippen MR) is 68.3 cm³/mol. The normalized spacial score (nSPS) is 12.2. The van der Waals surface area contributed by atoms with Gasteiger partial charge in [0.05, 0.1) is 9.36 Å². The Kier molecular flexibility index (Phi) is 5.06. The van der Waals surface area contributed by atoms with E-state index in [1.807, 2.05) is 0 Å². The molecule has 0 aliphatic carbocycles. The summed E-state index contributed by atoms with van der Waals surface area (Å²) in [5, 5.41) is 11.5. The third-order valence-electron chi connectivity index (χ3n) is 1.94. The first-order chi connectivity index (χ1) is 7.82. The summed E-state index contributed by atoms with van der Waals surface area (Å²) in [7, 11) is 0. The van der Waals surface area contributed by atoms with E-state index in [9.17, 15) is 9.59 Å². The third-order valence-corrected chi connectivity index (χ3v) is 4.25. The number of thiophene rings is 1. The summed E-state index contributed by atoms with van der Waals surface area (Å²) in [6.45, 7) is 1.24. The van der Waals surface area contributed by atoms with Gasteiger partial charge in [-0.25, -0.2) is 4.79 Å². The van der Waals surface area contributed by atoms with E-state index in [1.165, 1.54) is 6.92 Å². The minimum Gasteiger partial charge on any atom is -0.480 e. The lowest BCUT2D eigenvalue weighted by atomic mass is 10.1. The summed E-state index contributed by atoms with van der Waals surface area (Å²) >= 11 is 18.6. The molecule has 1 aromatic heterocycles. The van der Waals surface area contributed by atoms with Gasteiger partial charge in [-0.05, 0) is 0 Å². The van der Waals surface area contributed by atoms with Crippen LogP contribution in [0, 0.1) is 0 Å². The highest BCUT2D eigenvalue weighted by Crippen LogP contribution is 2.40. The molecule has 1 atom stereocenters. The van der Waals surface area contributed by atoms with Gasteiger partial charge in [-0.15, -0.1) is 11.3 Å². The Labute approximate surface area is 116 Å². The molecule has 1 rings (SSSR count). The zero-order valence-corrected chi connectivity index (χ0v) is 11.7. The van der Waals surface area contributed by atoms with Crippen molar-refractivity contribution < 1.29 is 14.7 Å². The number of nitrogens with one attached hydrogen (secondary N) is 1. The SMILES string of the molecule is CC(=O)NC(Cc1c(Cl)sc(Cl)c1Cl)C(=O)O. The van der Waals surface area contributed by atoms with Crippen LogP contribution in [0.3, 0.4) is 0 Å². The number of aliphatic carboxylic acids is 1. The smallest absolute Gasteiger partial charge is 0.326 e. The van der Waals surface area contributed by atoms with Gasteiger partial charge in [0.15, 0.2) is 0 Å². The molecule has 1 amide bonds. The second-order valence-electron chi connectivity index (χ2n) is 3.24. The van der Waals surface area contributed by atoms with Crippen LogP contribution < -0.4 is 5.32 Å². The fourth-order valence-electron chi connectivity index (χ4n) is 1.21. The van der Waals surface area contributed by atoms with Crippen molar-refractivity contribution in [3.05, 3.63) is 19.3 Å². The summed E-state index contributed by atoms with van der Waals surface area (Å²) in [6, 6.07) is -1.08. The second-order valence-corrected chi connectivity index (χ2v) is 5.84. The Morgan fingerprint density at radius 1 is 1.35 bits per heavy atom. The van der Waals surface area contributed by atoms with Crippen LogP contribution in [0.5, 0.6) is 0 Å². The van der Waals surface area contributed by atoms with E-state index in [2.05, 4.69) is 5.32 Å². The number of carbonyl (C=O) groups excluding carboxylic acids is 1. The average molecular weight is 317 g/mol. The summed E-state index contributed by atoms with van der Waals surface area (Å²) in [5.41, 5.74) is 0.435. The van der Waals surface area contributed by atoms with Gasteiger partial charge in [0.2, 0.25) is 5.91 Å². The molecule has 1 heterocycles. The Balaban J connectivity index is 2.93. The average Bonchev–Trinajstić information content (AvgIpc) is 2.43. The number of halogens is 3. The van der Waals surface area contributed by atoms with Gasteiger partial charge in [-0.2, -0.15) is 0 Å². The minimum absolute atomic E-state index is 0.00417. The largest absolute Gasteiger partial charge is 0.480 e. The molecule has 4 nitrogen and oxygen atoms in total. The van der Waals surface area contributed by atoms with Crippen LogP contribution in [-0.2, 0) is 16.0 Å². The lowest BCUT2D eigenvalue weighted by molar-refractivity contribution is -0.141. The summed E-state index contributed by atoms with van der Waals surface area (Å²) < 4.78 is 0.634. The number of hydrogen-bond donors (Lipinski definition) is 2.